The maximum absolute atomic E-state index is 12.0. The molecule has 1 rings (SSSR count). The van der Waals surface area contributed by atoms with Gasteiger partial charge in [-0.25, -0.2) is 0 Å². The van der Waals surface area contributed by atoms with E-state index in [0.717, 1.165) is 0 Å². The second-order valence-electron chi connectivity index (χ2n) is 4.62. The molecule has 1 aromatic rings. The van der Waals surface area contributed by atoms with Gasteiger partial charge in [0.2, 0.25) is 5.91 Å². The van der Waals surface area contributed by atoms with Crippen molar-refractivity contribution in [2.24, 2.45) is 0 Å². The summed E-state index contributed by atoms with van der Waals surface area (Å²) in [6.07, 6.45) is 0.000416. The Hall–Kier alpha value is -1.75. The average molecular weight is 299 g/mol. The molecule has 0 aliphatic rings. The first-order chi connectivity index (χ1) is 9.35. The molecule has 20 heavy (non-hydrogen) atoms. The number of carbonyl (C=O) groups excluding carboxylic acids is 2. The van der Waals surface area contributed by atoms with Crippen LogP contribution in [0.2, 0.25) is 5.02 Å². The first-order valence-corrected chi connectivity index (χ1v) is 6.71. The first-order valence-electron chi connectivity index (χ1n) is 6.33. The molecule has 2 N–H and O–H groups in total. The highest BCUT2D eigenvalue weighted by Crippen LogP contribution is 2.26. The van der Waals surface area contributed by atoms with Crippen molar-refractivity contribution in [1.29, 1.82) is 0 Å². The van der Waals surface area contributed by atoms with E-state index in [1.165, 1.54) is 13.1 Å². The number of hydrogen-bond donors (Lipinski definition) is 2. The molecule has 1 aromatic carbocycles. The van der Waals surface area contributed by atoms with E-state index in [1.54, 1.807) is 19.1 Å². The molecule has 6 heteroatoms. The lowest BCUT2D eigenvalue weighted by Crippen LogP contribution is -2.43. The SMILES string of the molecule is CNC(=O)C(C)NC(=O)c1ccc(OC(C)C)c(Cl)c1. The van der Waals surface area contributed by atoms with Crippen LogP contribution in [0.4, 0.5) is 0 Å². The van der Waals surface area contributed by atoms with Crippen LogP contribution in [0.5, 0.6) is 5.75 Å². The van der Waals surface area contributed by atoms with Gasteiger partial charge in [-0.1, -0.05) is 11.6 Å². The van der Waals surface area contributed by atoms with Gasteiger partial charge < -0.3 is 15.4 Å². The lowest BCUT2D eigenvalue weighted by molar-refractivity contribution is -0.122. The number of benzene rings is 1. The smallest absolute Gasteiger partial charge is 0.251 e. The summed E-state index contributed by atoms with van der Waals surface area (Å²) in [5, 5.41) is 5.41. The lowest BCUT2D eigenvalue weighted by atomic mass is 10.2. The van der Waals surface area contributed by atoms with Gasteiger partial charge in [0.15, 0.2) is 0 Å². The number of nitrogens with one attached hydrogen (secondary N) is 2. The van der Waals surface area contributed by atoms with Crippen LogP contribution in [-0.2, 0) is 4.79 Å². The van der Waals surface area contributed by atoms with Gasteiger partial charge in [-0.15, -0.1) is 0 Å². The van der Waals surface area contributed by atoms with Gasteiger partial charge in [0.1, 0.15) is 11.8 Å². The monoisotopic (exact) mass is 298 g/mol. The van der Waals surface area contributed by atoms with E-state index in [4.69, 9.17) is 16.3 Å². The number of carbonyl (C=O) groups is 2. The summed E-state index contributed by atoms with van der Waals surface area (Å²) in [5.41, 5.74) is 0.377. The van der Waals surface area contributed by atoms with Crippen molar-refractivity contribution in [1.82, 2.24) is 10.6 Å². The molecule has 0 heterocycles. The molecule has 0 bridgehead atoms. The van der Waals surface area contributed by atoms with Crippen molar-refractivity contribution in [2.75, 3.05) is 7.05 Å². The largest absolute Gasteiger partial charge is 0.489 e. The zero-order valence-corrected chi connectivity index (χ0v) is 12.7. The maximum Gasteiger partial charge on any atom is 0.251 e. The summed E-state index contributed by atoms with van der Waals surface area (Å²) in [7, 11) is 1.51. The Balaban J connectivity index is 2.80. The maximum atomic E-state index is 12.0. The Morgan fingerprint density at radius 1 is 1.25 bits per heavy atom. The van der Waals surface area contributed by atoms with Crippen LogP contribution in [0.15, 0.2) is 18.2 Å². The van der Waals surface area contributed by atoms with Crippen LogP contribution in [0, 0.1) is 0 Å². The average Bonchev–Trinajstić information content (AvgIpc) is 2.39. The van der Waals surface area contributed by atoms with Gasteiger partial charge in [-0.2, -0.15) is 0 Å². The van der Waals surface area contributed by atoms with E-state index in [9.17, 15) is 9.59 Å². The molecule has 0 radical (unpaired) electrons. The standard InChI is InChI=1S/C14H19ClN2O3/c1-8(2)20-12-6-5-10(7-11(12)15)14(19)17-9(3)13(18)16-4/h5-9H,1-4H3,(H,16,18)(H,17,19). The second kappa shape index (κ2) is 7.14. The fourth-order valence-corrected chi connectivity index (χ4v) is 1.78. The number of halogens is 1. The van der Waals surface area contributed by atoms with Crippen LogP contribution >= 0.6 is 11.6 Å². The van der Waals surface area contributed by atoms with Crippen molar-refractivity contribution in [3.63, 3.8) is 0 Å². The van der Waals surface area contributed by atoms with Crippen LogP contribution in [-0.4, -0.2) is 31.0 Å². The third-order valence-corrected chi connectivity index (χ3v) is 2.84. The zero-order chi connectivity index (χ0) is 15.3. The van der Waals surface area contributed by atoms with Crippen LogP contribution in [0.1, 0.15) is 31.1 Å². The highest BCUT2D eigenvalue weighted by Gasteiger charge is 2.16. The molecule has 0 aliphatic carbocycles. The normalized spacial score (nSPS) is 11.9. The minimum absolute atomic E-state index is 0.000416. The molecule has 2 amide bonds. The Morgan fingerprint density at radius 3 is 2.40 bits per heavy atom. The van der Waals surface area contributed by atoms with Crippen molar-refractivity contribution in [3.8, 4) is 5.75 Å². The molecule has 0 fully saturated rings. The Labute approximate surface area is 123 Å². The van der Waals surface area contributed by atoms with Gasteiger partial charge in [-0.3, -0.25) is 9.59 Å². The Morgan fingerprint density at radius 2 is 1.90 bits per heavy atom. The van der Waals surface area contributed by atoms with E-state index in [2.05, 4.69) is 10.6 Å². The molecule has 0 saturated carbocycles. The topological polar surface area (TPSA) is 67.4 Å². The minimum Gasteiger partial charge on any atom is -0.489 e. The van der Waals surface area contributed by atoms with E-state index >= 15 is 0 Å². The molecule has 0 spiro atoms. The summed E-state index contributed by atoms with van der Waals surface area (Å²) in [6.45, 7) is 5.39. The molecule has 1 atom stereocenters. The lowest BCUT2D eigenvalue weighted by Gasteiger charge is -2.14. The van der Waals surface area contributed by atoms with Gasteiger partial charge in [0.05, 0.1) is 11.1 Å². The van der Waals surface area contributed by atoms with E-state index < -0.39 is 6.04 Å². The molecule has 5 nitrogen and oxygen atoms in total. The molecular weight excluding hydrogens is 280 g/mol. The Bertz CT molecular complexity index is 503. The summed E-state index contributed by atoms with van der Waals surface area (Å²) in [4.78, 5) is 23.3. The van der Waals surface area contributed by atoms with Crippen molar-refractivity contribution < 1.29 is 14.3 Å². The van der Waals surface area contributed by atoms with Crippen molar-refractivity contribution in [2.45, 2.75) is 32.9 Å². The number of ether oxygens (including phenoxy) is 1. The predicted molar refractivity (Wildman–Crippen MR) is 78.2 cm³/mol. The molecule has 110 valence electrons. The number of hydrogen-bond acceptors (Lipinski definition) is 3. The highest BCUT2D eigenvalue weighted by molar-refractivity contribution is 6.32. The fourth-order valence-electron chi connectivity index (χ4n) is 1.55. The van der Waals surface area contributed by atoms with Crippen molar-refractivity contribution >= 4 is 23.4 Å². The molecule has 0 aliphatic heterocycles. The first kappa shape index (κ1) is 16.3. The summed E-state index contributed by atoms with van der Waals surface area (Å²) < 4.78 is 5.49. The number of rotatable bonds is 5. The number of amides is 2. The minimum atomic E-state index is -0.613. The molecule has 0 aromatic heterocycles. The molecular formula is C14H19ClN2O3. The van der Waals surface area contributed by atoms with E-state index in [-0.39, 0.29) is 17.9 Å². The third-order valence-electron chi connectivity index (χ3n) is 2.54. The van der Waals surface area contributed by atoms with E-state index in [0.29, 0.717) is 16.3 Å². The van der Waals surface area contributed by atoms with Crippen LogP contribution in [0.25, 0.3) is 0 Å². The third kappa shape index (κ3) is 4.42. The van der Waals surface area contributed by atoms with E-state index in [1.807, 2.05) is 13.8 Å². The van der Waals surface area contributed by atoms with Crippen LogP contribution in [0.3, 0.4) is 0 Å². The van der Waals surface area contributed by atoms with Gasteiger partial charge in [0.25, 0.3) is 5.91 Å². The zero-order valence-electron chi connectivity index (χ0n) is 12.0. The summed E-state index contributed by atoms with van der Waals surface area (Å²) in [5.74, 6) is -0.0964. The van der Waals surface area contributed by atoms with Gasteiger partial charge in [0, 0.05) is 12.6 Å². The number of likely N-dealkylation sites (N-methyl/N-ethyl adjacent to an activating group) is 1. The molecule has 0 saturated heterocycles. The summed E-state index contributed by atoms with van der Waals surface area (Å²) >= 11 is 6.06. The van der Waals surface area contributed by atoms with Gasteiger partial charge >= 0.3 is 0 Å². The van der Waals surface area contributed by atoms with Gasteiger partial charge in [-0.05, 0) is 39.0 Å². The fraction of sp³-hybridized carbons (Fsp3) is 0.429. The second-order valence-corrected chi connectivity index (χ2v) is 5.03. The summed E-state index contributed by atoms with van der Waals surface area (Å²) in [6, 6.07) is 4.15. The van der Waals surface area contributed by atoms with Crippen molar-refractivity contribution in [3.05, 3.63) is 28.8 Å². The highest BCUT2D eigenvalue weighted by atomic mass is 35.5. The molecule has 1 unspecified atom stereocenters. The quantitative estimate of drug-likeness (QED) is 0.873. The Kier molecular flexibility index (Phi) is 5.82. The van der Waals surface area contributed by atoms with Crippen LogP contribution < -0.4 is 15.4 Å². The predicted octanol–water partition coefficient (Wildman–Crippen LogP) is 1.99.